The zero-order valence-electron chi connectivity index (χ0n) is 15.2. The Morgan fingerprint density at radius 3 is 2.79 bits per heavy atom. The highest BCUT2D eigenvalue weighted by atomic mass is 35.5. The number of likely N-dealkylation sites (N-methyl/N-ethyl adjacent to an activating group) is 1. The number of fused-ring (bicyclic) bond motifs is 1. The molecule has 1 N–H and O–H groups in total. The summed E-state index contributed by atoms with van der Waals surface area (Å²) in [7, 11) is 1.65. The third-order valence-electron chi connectivity index (χ3n) is 4.58. The van der Waals surface area contributed by atoms with Crippen molar-refractivity contribution in [2.75, 3.05) is 23.8 Å². The van der Waals surface area contributed by atoms with Crippen LogP contribution in [-0.2, 0) is 11.0 Å². The van der Waals surface area contributed by atoms with Crippen molar-refractivity contribution in [1.82, 2.24) is 19.6 Å². The molecule has 0 unspecified atom stereocenters. The van der Waals surface area contributed by atoms with E-state index in [0.717, 1.165) is 30.8 Å². The maximum atomic E-state index is 13.0. The lowest BCUT2D eigenvalue weighted by Gasteiger charge is -2.18. The molecule has 3 aromatic rings. The van der Waals surface area contributed by atoms with Crippen LogP contribution in [0.3, 0.4) is 0 Å². The summed E-state index contributed by atoms with van der Waals surface area (Å²) in [4.78, 5) is 18.2. The van der Waals surface area contributed by atoms with Gasteiger partial charge in [0.1, 0.15) is 5.82 Å². The van der Waals surface area contributed by atoms with Gasteiger partial charge in [0.25, 0.3) is 0 Å². The Bertz CT molecular complexity index is 1080. The van der Waals surface area contributed by atoms with Crippen LogP contribution in [-0.4, -0.2) is 39.1 Å². The molecule has 0 radical (unpaired) electrons. The van der Waals surface area contributed by atoms with E-state index in [1.807, 2.05) is 4.40 Å². The van der Waals surface area contributed by atoms with Crippen LogP contribution in [0.2, 0.25) is 5.02 Å². The van der Waals surface area contributed by atoms with Gasteiger partial charge in [0, 0.05) is 31.0 Å². The third-order valence-corrected chi connectivity index (χ3v) is 4.90. The molecule has 0 spiro atoms. The first kappa shape index (κ1) is 19.4. The van der Waals surface area contributed by atoms with E-state index in [4.69, 9.17) is 11.6 Å². The van der Waals surface area contributed by atoms with E-state index >= 15 is 0 Å². The molecule has 1 fully saturated rings. The van der Waals surface area contributed by atoms with E-state index in [0.29, 0.717) is 17.4 Å². The number of hydrogen-bond acceptors (Lipinski definition) is 5. The number of nitrogens with zero attached hydrogens (tertiary/aromatic N) is 5. The first-order valence-electron chi connectivity index (χ1n) is 8.81. The van der Waals surface area contributed by atoms with Crippen molar-refractivity contribution < 1.29 is 18.0 Å². The third kappa shape index (κ3) is 3.98. The Morgan fingerprint density at radius 2 is 2.10 bits per heavy atom. The van der Waals surface area contributed by atoms with Gasteiger partial charge in [-0.3, -0.25) is 9.20 Å². The van der Waals surface area contributed by atoms with Crippen molar-refractivity contribution >= 4 is 34.7 Å². The second kappa shape index (κ2) is 7.18. The van der Waals surface area contributed by atoms with Crippen molar-refractivity contribution in [2.45, 2.75) is 24.9 Å². The fourth-order valence-corrected chi connectivity index (χ4v) is 3.26. The van der Waals surface area contributed by atoms with Gasteiger partial charge in [-0.05, 0) is 31.0 Å². The second-order valence-electron chi connectivity index (χ2n) is 6.87. The normalized spacial score (nSPS) is 14.2. The molecule has 0 saturated heterocycles. The summed E-state index contributed by atoms with van der Waals surface area (Å²) in [5, 5.41) is 10.4. The van der Waals surface area contributed by atoms with Gasteiger partial charge in [-0.1, -0.05) is 11.6 Å². The molecule has 2 heterocycles. The van der Waals surface area contributed by atoms with Crippen molar-refractivity contribution in [2.24, 2.45) is 0 Å². The van der Waals surface area contributed by atoms with Gasteiger partial charge < -0.3 is 10.2 Å². The van der Waals surface area contributed by atoms with Crippen LogP contribution in [0.25, 0.3) is 5.65 Å². The zero-order valence-corrected chi connectivity index (χ0v) is 16.0. The molecular formula is C18H16ClF3N6O. The summed E-state index contributed by atoms with van der Waals surface area (Å²) in [6, 6.07) is 3.22. The topological polar surface area (TPSA) is 75.4 Å². The number of halogens is 4. The fourth-order valence-electron chi connectivity index (χ4n) is 3.03. The van der Waals surface area contributed by atoms with Gasteiger partial charge in [0.15, 0.2) is 5.82 Å². The minimum atomic E-state index is -4.61. The van der Waals surface area contributed by atoms with Crippen molar-refractivity contribution in [3.05, 3.63) is 47.0 Å². The Kier molecular flexibility index (Phi) is 4.81. The predicted octanol–water partition coefficient (Wildman–Crippen LogP) is 3.75. The molecule has 0 aliphatic heterocycles. The highest BCUT2D eigenvalue weighted by molar-refractivity contribution is 6.31. The van der Waals surface area contributed by atoms with Crippen molar-refractivity contribution in [3.63, 3.8) is 0 Å². The van der Waals surface area contributed by atoms with Gasteiger partial charge in [-0.15, -0.1) is 10.2 Å². The summed E-state index contributed by atoms with van der Waals surface area (Å²) in [5.41, 5.74) is -0.479. The zero-order chi connectivity index (χ0) is 20.8. The lowest BCUT2D eigenvalue weighted by molar-refractivity contribution is -0.137. The number of nitrogens with one attached hydrogen (secondary N) is 1. The quantitative estimate of drug-likeness (QED) is 0.675. The van der Waals surface area contributed by atoms with E-state index < -0.39 is 22.7 Å². The average Bonchev–Trinajstić information content (AvgIpc) is 3.40. The number of anilines is 2. The van der Waals surface area contributed by atoms with Crippen LogP contribution in [0.5, 0.6) is 0 Å². The maximum absolute atomic E-state index is 13.0. The van der Waals surface area contributed by atoms with E-state index in [-0.39, 0.29) is 12.2 Å². The number of aromatic nitrogens is 4. The first-order valence-corrected chi connectivity index (χ1v) is 9.19. The number of carbonyl (C=O) groups excluding carboxylic acids is 1. The molecule has 11 heteroatoms. The smallest absolute Gasteiger partial charge is 0.347 e. The molecule has 4 rings (SSSR count). The van der Waals surface area contributed by atoms with Gasteiger partial charge in [-0.25, -0.2) is 4.98 Å². The summed E-state index contributed by atoms with van der Waals surface area (Å²) < 4.78 is 40.8. The van der Waals surface area contributed by atoms with Gasteiger partial charge in [0.05, 0.1) is 17.1 Å². The summed E-state index contributed by atoms with van der Waals surface area (Å²) in [6.07, 6.45) is 0.893. The van der Waals surface area contributed by atoms with Crippen molar-refractivity contribution in [1.29, 1.82) is 0 Å². The Balaban J connectivity index is 1.50. The molecule has 7 nitrogen and oxygen atoms in total. The number of hydrogen-bond donors (Lipinski definition) is 1. The summed E-state index contributed by atoms with van der Waals surface area (Å²) in [6.45, 7) is -0.137. The molecule has 0 atom stereocenters. The lowest BCUT2D eigenvalue weighted by Crippen LogP contribution is -2.31. The van der Waals surface area contributed by atoms with Gasteiger partial charge in [-0.2, -0.15) is 13.2 Å². The highest BCUT2D eigenvalue weighted by Gasteiger charge is 2.33. The van der Waals surface area contributed by atoms with Crippen LogP contribution in [0.15, 0.2) is 30.6 Å². The van der Waals surface area contributed by atoms with E-state index in [9.17, 15) is 18.0 Å². The summed E-state index contributed by atoms with van der Waals surface area (Å²) >= 11 is 5.60. The molecule has 1 amide bonds. The van der Waals surface area contributed by atoms with Crippen LogP contribution in [0.4, 0.5) is 24.7 Å². The van der Waals surface area contributed by atoms with Gasteiger partial charge in [0.2, 0.25) is 11.6 Å². The number of benzene rings is 1. The Labute approximate surface area is 168 Å². The molecule has 1 saturated carbocycles. The largest absolute Gasteiger partial charge is 0.417 e. The minimum Gasteiger partial charge on any atom is -0.347 e. The van der Waals surface area contributed by atoms with Crippen LogP contribution < -0.4 is 10.2 Å². The van der Waals surface area contributed by atoms with Crippen LogP contribution in [0.1, 0.15) is 30.1 Å². The highest BCUT2D eigenvalue weighted by Crippen LogP contribution is 2.39. The number of amides is 1. The SMILES string of the molecule is CN(CC(=O)Nc1ccc(Cl)c(C(F)(F)F)c1)c1nccn2c(C3CC3)nnc12. The number of alkyl halides is 3. The van der Waals surface area contributed by atoms with E-state index in [1.54, 1.807) is 24.3 Å². The average molecular weight is 425 g/mol. The summed E-state index contributed by atoms with van der Waals surface area (Å²) in [5.74, 6) is 1.20. The fraction of sp³-hybridized carbons (Fsp3) is 0.333. The first-order chi connectivity index (χ1) is 13.7. The molecular weight excluding hydrogens is 409 g/mol. The van der Waals surface area contributed by atoms with Crippen LogP contribution >= 0.6 is 11.6 Å². The molecule has 1 aromatic carbocycles. The van der Waals surface area contributed by atoms with Crippen molar-refractivity contribution in [3.8, 4) is 0 Å². The molecule has 2 aromatic heterocycles. The maximum Gasteiger partial charge on any atom is 0.417 e. The minimum absolute atomic E-state index is 0.00444. The second-order valence-corrected chi connectivity index (χ2v) is 7.28. The molecule has 29 heavy (non-hydrogen) atoms. The van der Waals surface area contributed by atoms with Crippen LogP contribution in [0, 0.1) is 0 Å². The van der Waals surface area contributed by atoms with E-state index in [2.05, 4.69) is 20.5 Å². The Morgan fingerprint density at radius 1 is 1.34 bits per heavy atom. The number of carbonyl (C=O) groups is 1. The standard InChI is InChI=1S/C18H16ClF3N6O/c1-27(16-17-26-25-15(10-2-3-10)28(17)7-6-23-16)9-14(29)24-11-4-5-13(19)12(8-11)18(20,21)22/h4-8,10H,2-3,9H2,1H3,(H,24,29). The molecule has 1 aliphatic carbocycles. The molecule has 152 valence electrons. The monoisotopic (exact) mass is 424 g/mol. The Hall–Kier alpha value is -2.88. The molecule has 0 bridgehead atoms. The molecule has 1 aliphatic rings. The lowest BCUT2D eigenvalue weighted by atomic mass is 10.2. The predicted molar refractivity (Wildman–Crippen MR) is 101 cm³/mol. The van der Waals surface area contributed by atoms with Gasteiger partial charge >= 0.3 is 6.18 Å². The van der Waals surface area contributed by atoms with E-state index in [1.165, 1.54) is 6.07 Å². The number of rotatable bonds is 5.